The van der Waals surface area contributed by atoms with Crippen molar-refractivity contribution in [2.75, 3.05) is 7.05 Å². The molecule has 1 fully saturated rings. The Labute approximate surface area is 213 Å². The van der Waals surface area contributed by atoms with Crippen LogP contribution in [0.4, 0.5) is 9.18 Å². The number of guanidine groups is 1. The lowest BCUT2D eigenvalue weighted by molar-refractivity contribution is -0.127. The Bertz CT molecular complexity index is 1350. The van der Waals surface area contributed by atoms with Crippen molar-refractivity contribution in [3.8, 4) is 5.75 Å². The molecule has 0 bridgehead atoms. The Kier molecular flexibility index (Phi) is 6.80. The third-order valence-corrected chi connectivity index (χ3v) is 6.17. The molecule has 37 heavy (non-hydrogen) atoms. The van der Waals surface area contributed by atoms with E-state index in [9.17, 15) is 14.0 Å². The number of rotatable bonds is 7. The topological polar surface area (TPSA) is 98.6 Å². The number of ether oxygens (including phenoxy) is 1. The molecule has 2 aliphatic heterocycles. The predicted octanol–water partition coefficient (Wildman–Crippen LogP) is 3.08. The van der Waals surface area contributed by atoms with E-state index in [0.717, 1.165) is 16.9 Å². The second kappa shape index (κ2) is 10.5. The van der Waals surface area contributed by atoms with Crippen LogP contribution in [0, 0.1) is 5.82 Å². The van der Waals surface area contributed by atoms with E-state index in [-0.39, 0.29) is 12.5 Å². The number of imide groups is 1. The van der Waals surface area contributed by atoms with Crippen molar-refractivity contribution < 1.29 is 18.7 Å². The molecule has 1 saturated heterocycles. The average Bonchev–Trinajstić information content (AvgIpc) is 3.27. The lowest BCUT2D eigenvalue weighted by atomic mass is 10.1. The number of aliphatic imine (C=N–C) groups is 1. The molecular weight excluding hydrogens is 475 g/mol. The molecule has 2 unspecified atom stereocenters. The molecule has 2 aliphatic rings. The fourth-order valence-corrected chi connectivity index (χ4v) is 4.16. The minimum Gasteiger partial charge on any atom is -0.489 e. The van der Waals surface area contributed by atoms with Crippen molar-refractivity contribution in [1.82, 2.24) is 20.5 Å². The maximum Gasteiger partial charge on any atom is 0.325 e. The van der Waals surface area contributed by atoms with Crippen LogP contribution < -0.4 is 15.5 Å². The molecule has 0 spiro atoms. The van der Waals surface area contributed by atoms with Crippen LogP contribution in [0.2, 0.25) is 0 Å². The lowest BCUT2D eigenvalue weighted by Crippen LogP contribution is -2.63. The molecule has 3 aromatic rings. The molecule has 0 saturated carbocycles. The molecule has 5 rings (SSSR count). The second-order valence-corrected chi connectivity index (χ2v) is 8.65. The number of hydrazone groups is 1. The molecule has 2 heterocycles. The van der Waals surface area contributed by atoms with Gasteiger partial charge in [-0.25, -0.2) is 19.6 Å². The van der Waals surface area contributed by atoms with Crippen LogP contribution >= 0.6 is 0 Å². The maximum absolute atomic E-state index is 14.4. The first-order valence-corrected chi connectivity index (χ1v) is 11.7. The molecule has 188 valence electrons. The van der Waals surface area contributed by atoms with E-state index in [4.69, 9.17) is 4.74 Å². The third-order valence-electron chi connectivity index (χ3n) is 6.17. The quantitative estimate of drug-likeness (QED) is 0.384. The van der Waals surface area contributed by atoms with Crippen LogP contribution in [-0.4, -0.2) is 53.2 Å². The van der Waals surface area contributed by atoms with Crippen LogP contribution in [0.1, 0.15) is 16.7 Å². The van der Waals surface area contributed by atoms with Crippen molar-refractivity contribution in [2.45, 2.75) is 25.4 Å². The number of likely N-dealkylation sites (N-methyl/N-ethyl adjacent to an activating group) is 1. The predicted molar refractivity (Wildman–Crippen MR) is 136 cm³/mol. The molecule has 9 nitrogen and oxygen atoms in total. The largest absolute Gasteiger partial charge is 0.489 e. The molecule has 0 radical (unpaired) electrons. The van der Waals surface area contributed by atoms with Gasteiger partial charge in [-0.05, 0) is 41.5 Å². The van der Waals surface area contributed by atoms with Gasteiger partial charge in [0.05, 0.1) is 6.21 Å². The van der Waals surface area contributed by atoms with Crippen molar-refractivity contribution >= 4 is 24.1 Å². The van der Waals surface area contributed by atoms with Crippen LogP contribution in [0.25, 0.3) is 0 Å². The van der Waals surface area contributed by atoms with Gasteiger partial charge in [0.2, 0.25) is 5.96 Å². The summed E-state index contributed by atoms with van der Waals surface area (Å²) in [7, 11) is 1.55. The van der Waals surface area contributed by atoms with Crippen LogP contribution in [0.3, 0.4) is 0 Å². The molecular formula is C27H25FN6O3. The monoisotopic (exact) mass is 500 g/mol. The highest BCUT2D eigenvalue weighted by Crippen LogP contribution is 2.26. The van der Waals surface area contributed by atoms with Gasteiger partial charge in [0.1, 0.15) is 18.2 Å². The van der Waals surface area contributed by atoms with Gasteiger partial charge >= 0.3 is 6.03 Å². The summed E-state index contributed by atoms with van der Waals surface area (Å²) in [5, 5.41) is 6.59. The molecule has 10 heteroatoms. The number of nitrogens with one attached hydrogen (secondary N) is 2. The summed E-state index contributed by atoms with van der Waals surface area (Å²) in [5.74, 6) is 0.0890. The van der Waals surface area contributed by atoms with Gasteiger partial charge in [-0.15, -0.1) is 0 Å². The smallest absolute Gasteiger partial charge is 0.325 e. The lowest BCUT2D eigenvalue weighted by Gasteiger charge is -2.36. The number of carbonyl (C=O) groups excluding carboxylic acids is 2. The fourth-order valence-electron chi connectivity index (χ4n) is 4.16. The number of halogens is 1. The first-order chi connectivity index (χ1) is 18.0. The summed E-state index contributed by atoms with van der Waals surface area (Å²) < 4.78 is 20.2. The van der Waals surface area contributed by atoms with Crippen LogP contribution in [0.15, 0.2) is 89.0 Å². The number of nitrogens with zero attached hydrogens (tertiary/aromatic N) is 4. The number of carbonyl (C=O) groups is 2. The molecule has 3 aromatic carbocycles. The summed E-state index contributed by atoms with van der Waals surface area (Å²) in [4.78, 5) is 32.3. The first kappa shape index (κ1) is 24.0. The van der Waals surface area contributed by atoms with E-state index in [2.05, 4.69) is 20.8 Å². The maximum atomic E-state index is 14.4. The van der Waals surface area contributed by atoms with Crippen molar-refractivity contribution in [3.05, 3.63) is 101 Å². The summed E-state index contributed by atoms with van der Waals surface area (Å²) >= 11 is 0. The second-order valence-electron chi connectivity index (χ2n) is 8.65. The van der Waals surface area contributed by atoms with E-state index in [1.807, 2.05) is 54.6 Å². The molecule has 2 atom stereocenters. The molecule has 0 aliphatic carbocycles. The van der Waals surface area contributed by atoms with Gasteiger partial charge in [-0.3, -0.25) is 10.1 Å². The zero-order chi connectivity index (χ0) is 25.8. The van der Waals surface area contributed by atoms with Crippen molar-refractivity contribution in [3.63, 3.8) is 0 Å². The third kappa shape index (κ3) is 5.27. The van der Waals surface area contributed by atoms with E-state index in [0.29, 0.717) is 12.2 Å². The Balaban J connectivity index is 1.28. The van der Waals surface area contributed by atoms with Crippen molar-refractivity contribution in [2.24, 2.45) is 10.1 Å². The number of fused-ring (bicyclic) bond motifs is 1. The molecule has 3 amide bonds. The van der Waals surface area contributed by atoms with Crippen LogP contribution in [0.5, 0.6) is 5.75 Å². The van der Waals surface area contributed by atoms with Gasteiger partial charge in [-0.2, -0.15) is 5.10 Å². The fraction of sp³-hybridized carbons (Fsp3) is 0.185. The Morgan fingerprint density at radius 1 is 1.05 bits per heavy atom. The standard InChI is InChI=1S/C27H25FN6O3/c1-33-24-23(25(35)31-27(33)36)34(16-20-9-5-6-10-22(20)28)26(30-24)32-29-15-18-11-13-21(14-12-18)37-17-19-7-3-2-4-8-19/h2-15,23-24H,16-17H2,1H3,(H,30,32)(H,31,35,36)/b29-15+. The van der Waals surface area contributed by atoms with E-state index in [1.54, 1.807) is 36.4 Å². The number of hydrogen-bond donors (Lipinski definition) is 2. The molecule has 2 N–H and O–H groups in total. The normalized spacial score (nSPS) is 19.0. The summed E-state index contributed by atoms with van der Waals surface area (Å²) in [6, 6.07) is 22.3. The van der Waals surface area contributed by atoms with Gasteiger partial charge in [0.15, 0.2) is 12.2 Å². The SMILES string of the molecule is CN1C(=O)NC(=O)C2C1N=C(N/N=C/c1ccc(OCc3ccccc3)cc1)N2Cc1ccccc1F. The zero-order valence-electron chi connectivity index (χ0n) is 20.0. The highest BCUT2D eigenvalue weighted by Gasteiger charge is 2.48. The highest BCUT2D eigenvalue weighted by atomic mass is 19.1. The van der Waals surface area contributed by atoms with E-state index in [1.165, 1.54) is 11.0 Å². The Morgan fingerprint density at radius 3 is 2.54 bits per heavy atom. The number of urea groups is 1. The van der Waals surface area contributed by atoms with Crippen LogP contribution in [-0.2, 0) is 17.9 Å². The Hall–Kier alpha value is -4.73. The zero-order valence-corrected chi connectivity index (χ0v) is 20.0. The minimum absolute atomic E-state index is 0.0676. The van der Waals surface area contributed by atoms with Crippen molar-refractivity contribution in [1.29, 1.82) is 0 Å². The van der Waals surface area contributed by atoms with Gasteiger partial charge < -0.3 is 14.5 Å². The summed E-state index contributed by atoms with van der Waals surface area (Å²) in [5.41, 5.74) is 5.14. The number of benzene rings is 3. The first-order valence-electron chi connectivity index (χ1n) is 11.7. The van der Waals surface area contributed by atoms with Gasteiger partial charge in [-0.1, -0.05) is 48.5 Å². The van der Waals surface area contributed by atoms with Gasteiger partial charge in [0, 0.05) is 19.2 Å². The summed E-state index contributed by atoms with van der Waals surface area (Å²) in [6.07, 6.45) is 0.841. The molecule has 0 aromatic heterocycles. The number of hydrogen-bond acceptors (Lipinski definition) is 7. The Morgan fingerprint density at radius 2 is 1.78 bits per heavy atom. The summed E-state index contributed by atoms with van der Waals surface area (Å²) in [6.45, 7) is 0.540. The highest BCUT2D eigenvalue weighted by molar-refractivity contribution is 6.03. The average molecular weight is 501 g/mol. The van der Waals surface area contributed by atoms with E-state index >= 15 is 0 Å². The van der Waals surface area contributed by atoms with E-state index < -0.39 is 30.0 Å². The number of amides is 3. The minimum atomic E-state index is -0.818. The van der Waals surface area contributed by atoms with Gasteiger partial charge in [0.25, 0.3) is 5.91 Å².